The summed E-state index contributed by atoms with van der Waals surface area (Å²) < 4.78 is 1.57. The second-order valence-electron chi connectivity index (χ2n) is 5.25. The van der Waals surface area contributed by atoms with Crippen LogP contribution in [-0.4, -0.2) is 31.9 Å². The highest BCUT2D eigenvalue weighted by Gasteiger charge is 2.30. The van der Waals surface area contributed by atoms with Crippen molar-refractivity contribution in [2.45, 2.75) is 25.7 Å². The van der Waals surface area contributed by atoms with Crippen LogP contribution in [0.2, 0.25) is 0 Å². The van der Waals surface area contributed by atoms with E-state index in [0.29, 0.717) is 11.6 Å². The molecule has 2 aromatic rings. The molecule has 0 spiro atoms. The van der Waals surface area contributed by atoms with Crippen LogP contribution in [0.5, 0.6) is 0 Å². The molecule has 6 nitrogen and oxygen atoms in total. The first-order chi connectivity index (χ1) is 9.97. The largest absolute Gasteiger partial charge is 0.478 e. The number of carboxylic acids is 2. The van der Waals surface area contributed by atoms with Crippen LogP contribution in [0.25, 0.3) is 5.69 Å². The zero-order valence-corrected chi connectivity index (χ0v) is 11.4. The van der Waals surface area contributed by atoms with Crippen LogP contribution in [0.15, 0.2) is 24.3 Å². The number of carbonyl (C=O) groups is 2. The fourth-order valence-corrected chi connectivity index (χ4v) is 2.33. The first-order valence-electron chi connectivity index (χ1n) is 6.65. The minimum absolute atomic E-state index is 0.0166. The number of hydrogen-bond acceptors (Lipinski definition) is 3. The highest BCUT2D eigenvalue weighted by atomic mass is 16.4. The molecule has 2 N–H and O–H groups in total. The average molecular weight is 286 g/mol. The molecule has 1 heterocycles. The van der Waals surface area contributed by atoms with E-state index in [1.165, 1.54) is 12.1 Å². The van der Waals surface area contributed by atoms with Gasteiger partial charge in [-0.3, -0.25) is 0 Å². The van der Waals surface area contributed by atoms with E-state index >= 15 is 0 Å². The Hall–Kier alpha value is -2.63. The standard InChI is InChI=1S/C15H14N2O4/c1-8-2-3-10(14(18)19)6-12(8)17-13(9-4-5-9)7-11(16-17)15(20)21/h2-3,6-7,9H,4-5H2,1H3,(H,18,19)(H,20,21). The second kappa shape index (κ2) is 4.73. The van der Waals surface area contributed by atoms with E-state index in [-0.39, 0.29) is 11.3 Å². The Morgan fingerprint density at radius 1 is 1.19 bits per heavy atom. The lowest BCUT2D eigenvalue weighted by Crippen LogP contribution is -2.07. The van der Waals surface area contributed by atoms with Crippen molar-refractivity contribution < 1.29 is 19.8 Å². The van der Waals surface area contributed by atoms with Crippen molar-refractivity contribution >= 4 is 11.9 Å². The van der Waals surface area contributed by atoms with Crippen LogP contribution in [0.1, 0.15) is 50.9 Å². The third-order valence-electron chi connectivity index (χ3n) is 3.64. The van der Waals surface area contributed by atoms with Gasteiger partial charge in [-0.25, -0.2) is 14.3 Å². The molecule has 1 fully saturated rings. The lowest BCUT2D eigenvalue weighted by Gasteiger charge is -2.10. The molecule has 1 aromatic heterocycles. The topological polar surface area (TPSA) is 92.4 Å². The number of rotatable bonds is 4. The summed E-state index contributed by atoms with van der Waals surface area (Å²) in [4.78, 5) is 22.2. The van der Waals surface area contributed by atoms with Crippen LogP contribution < -0.4 is 0 Å². The molecule has 108 valence electrons. The van der Waals surface area contributed by atoms with Gasteiger partial charge in [0.1, 0.15) is 0 Å². The molecule has 0 atom stereocenters. The maximum atomic E-state index is 11.1. The van der Waals surface area contributed by atoms with Gasteiger partial charge in [0.2, 0.25) is 0 Å². The summed E-state index contributed by atoms with van der Waals surface area (Å²) in [5, 5.41) is 22.3. The van der Waals surface area contributed by atoms with Gasteiger partial charge in [0, 0.05) is 11.6 Å². The Balaban J connectivity index is 2.17. The molecule has 21 heavy (non-hydrogen) atoms. The maximum absolute atomic E-state index is 11.1. The number of aromatic nitrogens is 2. The lowest BCUT2D eigenvalue weighted by molar-refractivity contribution is 0.0681. The monoisotopic (exact) mass is 286 g/mol. The molecule has 1 aliphatic carbocycles. The second-order valence-corrected chi connectivity index (χ2v) is 5.25. The highest BCUT2D eigenvalue weighted by Crippen LogP contribution is 2.41. The summed E-state index contributed by atoms with van der Waals surface area (Å²) in [5.41, 5.74) is 2.44. The molecule has 0 radical (unpaired) electrons. The van der Waals surface area contributed by atoms with Crippen LogP contribution in [0, 0.1) is 6.92 Å². The van der Waals surface area contributed by atoms with Gasteiger partial charge in [0.25, 0.3) is 0 Å². The number of hydrogen-bond donors (Lipinski definition) is 2. The van der Waals surface area contributed by atoms with E-state index in [1.807, 2.05) is 6.92 Å². The quantitative estimate of drug-likeness (QED) is 0.900. The van der Waals surface area contributed by atoms with Crippen LogP contribution in [0.4, 0.5) is 0 Å². The zero-order chi connectivity index (χ0) is 15.1. The molecule has 3 rings (SSSR count). The van der Waals surface area contributed by atoms with Crippen molar-refractivity contribution in [1.29, 1.82) is 0 Å². The Kier molecular flexibility index (Phi) is 3.01. The summed E-state index contributed by atoms with van der Waals surface area (Å²) in [6, 6.07) is 6.34. The van der Waals surface area contributed by atoms with Crippen molar-refractivity contribution in [3.05, 3.63) is 46.8 Å². The molecule has 0 unspecified atom stereocenters. The molecular formula is C15H14N2O4. The molecule has 0 amide bonds. The van der Waals surface area contributed by atoms with E-state index in [2.05, 4.69) is 5.10 Å². The summed E-state index contributed by atoms with van der Waals surface area (Å²) in [6.45, 7) is 1.85. The van der Waals surface area contributed by atoms with Crippen molar-refractivity contribution in [1.82, 2.24) is 9.78 Å². The van der Waals surface area contributed by atoms with Crippen molar-refractivity contribution in [3.8, 4) is 5.69 Å². The van der Waals surface area contributed by atoms with E-state index in [1.54, 1.807) is 16.8 Å². The van der Waals surface area contributed by atoms with Gasteiger partial charge < -0.3 is 10.2 Å². The molecule has 1 saturated carbocycles. The van der Waals surface area contributed by atoms with E-state index in [9.17, 15) is 9.59 Å². The number of aromatic carboxylic acids is 2. The maximum Gasteiger partial charge on any atom is 0.356 e. The van der Waals surface area contributed by atoms with Crippen LogP contribution in [-0.2, 0) is 0 Å². The molecule has 6 heteroatoms. The zero-order valence-electron chi connectivity index (χ0n) is 11.4. The van der Waals surface area contributed by atoms with Crippen molar-refractivity contribution in [2.24, 2.45) is 0 Å². The van der Waals surface area contributed by atoms with E-state index < -0.39 is 11.9 Å². The third kappa shape index (κ3) is 2.40. The number of aryl methyl sites for hydroxylation is 1. The van der Waals surface area contributed by atoms with Crippen molar-refractivity contribution in [2.75, 3.05) is 0 Å². The summed E-state index contributed by atoms with van der Waals surface area (Å²) in [5.74, 6) is -1.80. The fraction of sp³-hybridized carbons (Fsp3) is 0.267. The molecule has 1 aliphatic rings. The van der Waals surface area contributed by atoms with Gasteiger partial charge in [-0.05, 0) is 43.5 Å². The van der Waals surface area contributed by atoms with Crippen molar-refractivity contribution in [3.63, 3.8) is 0 Å². The van der Waals surface area contributed by atoms with Gasteiger partial charge in [0.15, 0.2) is 5.69 Å². The smallest absolute Gasteiger partial charge is 0.356 e. The van der Waals surface area contributed by atoms with E-state index in [0.717, 1.165) is 24.1 Å². The van der Waals surface area contributed by atoms with Gasteiger partial charge in [-0.15, -0.1) is 0 Å². The number of nitrogens with zero attached hydrogens (tertiary/aromatic N) is 2. The van der Waals surface area contributed by atoms with Gasteiger partial charge in [-0.1, -0.05) is 6.07 Å². The third-order valence-corrected chi connectivity index (χ3v) is 3.64. The molecular weight excluding hydrogens is 272 g/mol. The average Bonchev–Trinajstić information content (AvgIpc) is 3.18. The Bertz CT molecular complexity index is 744. The van der Waals surface area contributed by atoms with Gasteiger partial charge in [0.05, 0.1) is 11.3 Å². The first-order valence-corrected chi connectivity index (χ1v) is 6.65. The van der Waals surface area contributed by atoms with Crippen LogP contribution in [0.3, 0.4) is 0 Å². The minimum atomic E-state index is -1.08. The SMILES string of the molecule is Cc1ccc(C(=O)O)cc1-n1nc(C(=O)O)cc1C1CC1. The molecule has 0 bridgehead atoms. The first kappa shape index (κ1) is 13.4. The predicted octanol–water partition coefficient (Wildman–Crippen LogP) is 2.45. The molecule has 0 aliphatic heterocycles. The van der Waals surface area contributed by atoms with Gasteiger partial charge >= 0.3 is 11.9 Å². The Labute approximate surface area is 120 Å². The Morgan fingerprint density at radius 2 is 1.90 bits per heavy atom. The summed E-state index contributed by atoms with van der Waals surface area (Å²) in [6.07, 6.45) is 2.00. The summed E-state index contributed by atoms with van der Waals surface area (Å²) >= 11 is 0. The van der Waals surface area contributed by atoms with Gasteiger partial charge in [-0.2, -0.15) is 5.10 Å². The molecule has 0 saturated heterocycles. The highest BCUT2D eigenvalue weighted by molar-refractivity contribution is 5.88. The normalized spacial score (nSPS) is 14.1. The minimum Gasteiger partial charge on any atom is -0.478 e. The predicted molar refractivity (Wildman–Crippen MR) is 74.2 cm³/mol. The van der Waals surface area contributed by atoms with E-state index in [4.69, 9.17) is 10.2 Å². The fourth-order valence-electron chi connectivity index (χ4n) is 2.33. The number of carboxylic acid groups (broad SMARTS) is 2. The summed E-state index contributed by atoms with van der Waals surface area (Å²) in [7, 11) is 0. The Morgan fingerprint density at radius 3 is 2.48 bits per heavy atom. The lowest BCUT2D eigenvalue weighted by atomic mass is 10.1. The molecule has 1 aromatic carbocycles. The van der Waals surface area contributed by atoms with Crippen LogP contribution >= 0.6 is 0 Å². The number of benzene rings is 1.